The van der Waals surface area contributed by atoms with Crippen LogP contribution in [0.15, 0.2) is 66.7 Å². The van der Waals surface area contributed by atoms with E-state index in [1.54, 1.807) is 18.2 Å². The first kappa shape index (κ1) is 17.6. The molecule has 0 N–H and O–H groups in total. The Balaban J connectivity index is 1.62. The topological polar surface area (TPSA) is 39.2 Å². The smallest absolute Gasteiger partial charge is 0.315 e. The van der Waals surface area contributed by atoms with Crippen molar-refractivity contribution >= 4 is 39.1 Å². The first-order valence-electron chi connectivity index (χ1n) is 8.20. The van der Waals surface area contributed by atoms with Crippen molar-refractivity contribution in [2.24, 2.45) is 0 Å². The van der Waals surface area contributed by atoms with E-state index >= 15 is 0 Å². The predicted octanol–water partition coefficient (Wildman–Crippen LogP) is 5.90. The number of esters is 1. The molecule has 3 aromatic carbocycles. The highest BCUT2D eigenvalue weighted by Gasteiger charge is 2.17. The van der Waals surface area contributed by atoms with Gasteiger partial charge in [0.1, 0.15) is 16.6 Å². The summed E-state index contributed by atoms with van der Waals surface area (Å²) in [7, 11) is 0. The van der Waals surface area contributed by atoms with Gasteiger partial charge in [-0.3, -0.25) is 4.79 Å². The molecule has 0 radical (unpaired) electrons. The Morgan fingerprint density at radius 2 is 1.81 bits per heavy atom. The Bertz CT molecular complexity index is 1090. The molecule has 0 saturated heterocycles. The minimum atomic E-state index is -0.587. The number of rotatable bonds is 4. The third kappa shape index (κ3) is 3.70. The molecular weight excluding hydrogens is 385 g/mol. The maximum absolute atomic E-state index is 13.9. The largest absolute Gasteiger partial charge is 0.426 e. The number of fused-ring (bicyclic) bond motifs is 1. The van der Waals surface area contributed by atoms with Gasteiger partial charge in [-0.15, -0.1) is 11.3 Å². The van der Waals surface area contributed by atoms with E-state index in [0.717, 1.165) is 15.2 Å². The van der Waals surface area contributed by atoms with E-state index < -0.39 is 11.8 Å². The lowest BCUT2D eigenvalue weighted by molar-refractivity contribution is -0.133. The number of hydrogen-bond donors (Lipinski definition) is 0. The molecular formula is C21H13ClFNO2S. The highest BCUT2D eigenvalue weighted by Crippen LogP contribution is 2.35. The van der Waals surface area contributed by atoms with Crippen LogP contribution >= 0.6 is 22.9 Å². The molecule has 6 heteroatoms. The SMILES string of the molecule is O=C(Cc1c(F)cccc1Cl)Oc1ccccc1-c1nc2ccccc2s1. The molecule has 1 heterocycles. The van der Waals surface area contributed by atoms with E-state index in [1.807, 2.05) is 36.4 Å². The molecule has 0 amide bonds. The molecule has 4 aromatic rings. The monoisotopic (exact) mass is 397 g/mol. The summed E-state index contributed by atoms with van der Waals surface area (Å²) in [5, 5.41) is 0.954. The summed E-state index contributed by atoms with van der Waals surface area (Å²) in [6, 6.07) is 19.3. The predicted molar refractivity (Wildman–Crippen MR) is 106 cm³/mol. The van der Waals surface area contributed by atoms with Crippen molar-refractivity contribution in [3.63, 3.8) is 0 Å². The van der Waals surface area contributed by atoms with Crippen LogP contribution in [-0.2, 0) is 11.2 Å². The Morgan fingerprint density at radius 1 is 1.04 bits per heavy atom. The molecule has 27 heavy (non-hydrogen) atoms. The van der Waals surface area contributed by atoms with Crippen molar-refractivity contribution in [3.05, 3.63) is 83.1 Å². The average molecular weight is 398 g/mol. The highest BCUT2D eigenvalue weighted by molar-refractivity contribution is 7.21. The molecule has 4 rings (SSSR count). The summed E-state index contributed by atoms with van der Waals surface area (Å²) in [4.78, 5) is 17.0. The van der Waals surface area contributed by atoms with Crippen LogP contribution in [0.1, 0.15) is 5.56 Å². The number of hydrogen-bond acceptors (Lipinski definition) is 4. The van der Waals surface area contributed by atoms with Crippen molar-refractivity contribution in [1.82, 2.24) is 4.98 Å². The van der Waals surface area contributed by atoms with E-state index in [-0.39, 0.29) is 17.0 Å². The quantitative estimate of drug-likeness (QED) is 0.317. The maximum Gasteiger partial charge on any atom is 0.315 e. The van der Waals surface area contributed by atoms with Gasteiger partial charge in [0.05, 0.1) is 22.2 Å². The normalized spacial score (nSPS) is 10.9. The van der Waals surface area contributed by atoms with Crippen LogP contribution in [0.3, 0.4) is 0 Å². The summed E-state index contributed by atoms with van der Waals surface area (Å²) in [5.41, 5.74) is 1.73. The fraction of sp³-hybridized carbons (Fsp3) is 0.0476. The lowest BCUT2D eigenvalue weighted by atomic mass is 10.1. The van der Waals surface area contributed by atoms with Gasteiger partial charge in [0, 0.05) is 10.6 Å². The second kappa shape index (κ2) is 7.47. The molecule has 0 atom stereocenters. The first-order valence-corrected chi connectivity index (χ1v) is 9.40. The molecule has 0 bridgehead atoms. The molecule has 0 unspecified atom stereocenters. The Morgan fingerprint density at radius 3 is 2.63 bits per heavy atom. The van der Waals surface area contributed by atoms with Gasteiger partial charge < -0.3 is 4.74 Å². The van der Waals surface area contributed by atoms with E-state index in [9.17, 15) is 9.18 Å². The average Bonchev–Trinajstić information content (AvgIpc) is 3.09. The van der Waals surface area contributed by atoms with Crippen LogP contribution in [-0.4, -0.2) is 11.0 Å². The standard InChI is InChI=1S/C21H13ClFNO2S/c22-15-7-5-8-16(23)14(15)12-20(25)26-18-10-3-1-6-13(18)21-24-17-9-2-4-11-19(17)27-21/h1-11H,12H2. The van der Waals surface area contributed by atoms with Crippen molar-refractivity contribution < 1.29 is 13.9 Å². The second-order valence-electron chi connectivity index (χ2n) is 5.83. The van der Waals surface area contributed by atoms with Crippen LogP contribution < -0.4 is 4.74 Å². The van der Waals surface area contributed by atoms with E-state index in [2.05, 4.69) is 4.98 Å². The van der Waals surface area contributed by atoms with Crippen LogP contribution in [0.25, 0.3) is 20.8 Å². The van der Waals surface area contributed by atoms with Gasteiger partial charge in [0.2, 0.25) is 0 Å². The van der Waals surface area contributed by atoms with E-state index in [0.29, 0.717) is 11.3 Å². The van der Waals surface area contributed by atoms with E-state index in [1.165, 1.54) is 23.5 Å². The number of aromatic nitrogens is 1. The minimum absolute atomic E-state index is 0.127. The van der Waals surface area contributed by atoms with Crippen molar-refractivity contribution in [3.8, 4) is 16.3 Å². The minimum Gasteiger partial charge on any atom is -0.426 e. The lowest BCUT2D eigenvalue weighted by Gasteiger charge is -2.09. The maximum atomic E-state index is 13.9. The number of thiazole rings is 1. The van der Waals surface area contributed by atoms with Gasteiger partial charge in [-0.1, -0.05) is 41.9 Å². The molecule has 0 aliphatic carbocycles. The molecule has 3 nitrogen and oxygen atoms in total. The molecule has 0 aliphatic heterocycles. The zero-order valence-electron chi connectivity index (χ0n) is 14.0. The third-order valence-electron chi connectivity index (χ3n) is 4.02. The molecule has 0 spiro atoms. The van der Waals surface area contributed by atoms with Crippen LogP contribution in [0, 0.1) is 5.82 Å². The van der Waals surface area contributed by atoms with Crippen LogP contribution in [0.5, 0.6) is 5.75 Å². The Hall–Kier alpha value is -2.76. The fourth-order valence-corrected chi connectivity index (χ4v) is 3.95. The molecule has 0 saturated carbocycles. The van der Waals surface area contributed by atoms with Gasteiger partial charge in [-0.25, -0.2) is 9.37 Å². The fourth-order valence-electron chi connectivity index (χ4n) is 2.72. The number of nitrogens with zero attached hydrogens (tertiary/aromatic N) is 1. The van der Waals surface area contributed by atoms with Crippen molar-refractivity contribution in [1.29, 1.82) is 0 Å². The van der Waals surface area contributed by atoms with E-state index in [4.69, 9.17) is 16.3 Å². The van der Waals surface area contributed by atoms with Gasteiger partial charge in [-0.05, 0) is 36.4 Å². The highest BCUT2D eigenvalue weighted by atomic mass is 35.5. The van der Waals surface area contributed by atoms with Crippen molar-refractivity contribution in [2.75, 3.05) is 0 Å². The zero-order valence-corrected chi connectivity index (χ0v) is 15.6. The van der Waals surface area contributed by atoms with Gasteiger partial charge in [0.15, 0.2) is 0 Å². The molecule has 0 fully saturated rings. The summed E-state index contributed by atoms with van der Waals surface area (Å²) in [6.45, 7) is 0. The molecule has 1 aromatic heterocycles. The Labute approximate surface area is 164 Å². The van der Waals surface area contributed by atoms with Gasteiger partial charge in [0.25, 0.3) is 0 Å². The van der Waals surface area contributed by atoms with Crippen LogP contribution in [0.2, 0.25) is 5.02 Å². The Kier molecular flexibility index (Phi) is 4.88. The summed E-state index contributed by atoms with van der Waals surface area (Å²) >= 11 is 7.51. The van der Waals surface area contributed by atoms with Gasteiger partial charge in [-0.2, -0.15) is 0 Å². The van der Waals surface area contributed by atoms with Gasteiger partial charge >= 0.3 is 5.97 Å². The van der Waals surface area contributed by atoms with Crippen LogP contribution in [0.4, 0.5) is 4.39 Å². The summed E-state index contributed by atoms with van der Waals surface area (Å²) in [5.74, 6) is -0.733. The first-order chi connectivity index (χ1) is 13.1. The number of para-hydroxylation sites is 2. The third-order valence-corrected chi connectivity index (χ3v) is 5.44. The second-order valence-corrected chi connectivity index (χ2v) is 7.27. The number of halogens is 2. The summed E-state index contributed by atoms with van der Waals surface area (Å²) < 4.78 is 20.5. The zero-order chi connectivity index (χ0) is 18.8. The molecule has 134 valence electrons. The summed E-state index contributed by atoms with van der Waals surface area (Å²) in [6.07, 6.45) is -0.250. The number of benzene rings is 3. The molecule has 0 aliphatic rings. The number of ether oxygens (including phenoxy) is 1. The number of carbonyl (C=O) groups excluding carboxylic acids is 1. The van der Waals surface area contributed by atoms with Crippen molar-refractivity contribution in [2.45, 2.75) is 6.42 Å². The number of carbonyl (C=O) groups is 1. The lowest BCUT2D eigenvalue weighted by Crippen LogP contribution is -2.13.